The fourth-order valence-electron chi connectivity index (χ4n) is 3.39. The zero-order chi connectivity index (χ0) is 21.1. The first-order valence-electron chi connectivity index (χ1n) is 10.7. The van der Waals surface area contributed by atoms with Gasteiger partial charge in [-0.05, 0) is 74.9 Å². The molecule has 0 aliphatic heterocycles. The summed E-state index contributed by atoms with van der Waals surface area (Å²) in [5, 5.41) is 5.90. The number of amides is 2. The number of allylic oxidation sites excluding steroid dienone is 6. The Morgan fingerprint density at radius 1 is 1.21 bits per heavy atom. The molecule has 0 aromatic heterocycles. The van der Waals surface area contributed by atoms with Crippen LogP contribution < -0.4 is 10.6 Å². The SMILES string of the molecule is COC1=CCC=C(CNC(=O)NC2=CCC(CN(C)CCC(C)C)CC=C2)C=C1. The molecule has 1 atom stereocenters. The maximum atomic E-state index is 12.3. The average Bonchev–Trinajstić information content (AvgIpc) is 3.05. The molecule has 0 fully saturated rings. The van der Waals surface area contributed by atoms with Gasteiger partial charge in [-0.25, -0.2) is 4.79 Å². The molecule has 2 N–H and O–H groups in total. The second-order valence-electron chi connectivity index (χ2n) is 8.31. The molecule has 0 aromatic carbocycles. The molecular weight excluding hydrogens is 362 g/mol. The predicted octanol–water partition coefficient (Wildman–Crippen LogP) is 4.53. The summed E-state index contributed by atoms with van der Waals surface area (Å²) in [4.78, 5) is 14.7. The van der Waals surface area contributed by atoms with Gasteiger partial charge in [0, 0.05) is 18.8 Å². The highest BCUT2D eigenvalue weighted by Crippen LogP contribution is 2.18. The highest BCUT2D eigenvalue weighted by molar-refractivity contribution is 5.76. The Labute approximate surface area is 176 Å². The van der Waals surface area contributed by atoms with Crippen molar-refractivity contribution in [2.75, 3.05) is 33.8 Å². The number of nitrogens with one attached hydrogen (secondary N) is 2. The molecule has 2 amide bonds. The van der Waals surface area contributed by atoms with Crippen molar-refractivity contribution < 1.29 is 9.53 Å². The lowest BCUT2D eigenvalue weighted by Gasteiger charge is -2.22. The maximum Gasteiger partial charge on any atom is 0.319 e. The Morgan fingerprint density at radius 2 is 2.03 bits per heavy atom. The van der Waals surface area contributed by atoms with Crippen LogP contribution in [-0.4, -0.2) is 44.7 Å². The van der Waals surface area contributed by atoms with Crippen LogP contribution in [0.25, 0.3) is 0 Å². The monoisotopic (exact) mass is 399 g/mol. The average molecular weight is 400 g/mol. The van der Waals surface area contributed by atoms with E-state index in [2.05, 4.69) is 54.7 Å². The van der Waals surface area contributed by atoms with Crippen LogP contribution in [0.3, 0.4) is 0 Å². The van der Waals surface area contributed by atoms with Gasteiger partial charge in [0.05, 0.1) is 7.11 Å². The highest BCUT2D eigenvalue weighted by atomic mass is 16.5. The van der Waals surface area contributed by atoms with Crippen LogP contribution in [0.15, 0.2) is 59.6 Å². The van der Waals surface area contributed by atoms with Crippen LogP contribution in [0.2, 0.25) is 0 Å². The molecular formula is C24H37N3O2. The number of methoxy groups -OCH3 is 1. The van der Waals surface area contributed by atoms with Gasteiger partial charge in [0.2, 0.25) is 0 Å². The topological polar surface area (TPSA) is 53.6 Å². The maximum absolute atomic E-state index is 12.3. The lowest BCUT2D eigenvalue weighted by atomic mass is 10.0. The Balaban J connectivity index is 1.75. The molecule has 0 spiro atoms. The summed E-state index contributed by atoms with van der Waals surface area (Å²) in [6.07, 6.45) is 18.4. The van der Waals surface area contributed by atoms with Crippen LogP contribution >= 0.6 is 0 Å². The minimum absolute atomic E-state index is 0.174. The summed E-state index contributed by atoms with van der Waals surface area (Å²) in [7, 11) is 3.87. The summed E-state index contributed by atoms with van der Waals surface area (Å²) < 4.78 is 5.24. The first kappa shape index (κ1) is 23.0. The quantitative estimate of drug-likeness (QED) is 0.599. The van der Waals surface area contributed by atoms with Crippen molar-refractivity contribution in [2.45, 2.75) is 39.5 Å². The second kappa shape index (κ2) is 12.3. The molecule has 2 aliphatic rings. The predicted molar refractivity (Wildman–Crippen MR) is 120 cm³/mol. The third kappa shape index (κ3) is 9.18. The number of hydrogen-bond donors (Lipinski definition) is 2. The first-order chi connectivity index (χ1) is 14.0. The molecule has 0 saturated heterocycles. The molecule has 0 radical (unpaired) electrons. The van der Waals surface area contributed by atoms with Gasteiger partial charge >= 0.3 is 6.03 Å². The Hall–Kier alpha value is -2.27. The van der Waals surface area contributed by atoms with Crippen molar-refractivity contribution in [3.63, 3.8) is 0 Å². The standard InChI is InChI=1S/C24H37N3O2/c1-19(2)15-16-27(3)18-21-8-5-9-22(13-11-21)26-24(28)25-17-20-7-6-10-23(29-4)14-12-20/h5,7,9-10,12-14,19,21H,6,8,11,15-18H2,1-4H3,(H2,25,26,28). The zero-order valence-electron chi connectivity index (χ0n) is 18.4. The number of urea groups is 1. The zero-order valence-corrected chi connectivity index (χ0v) is 18.4. The summed E-state index contributed by atoms with van der Waals surface area (Å²) in [5.74, 6) is 2.18. The van der Waals surface area contributed by atoms with E-state index in [-0.39, 0.29) is 6.03 Å². The summed E-state index contributed by atoms with van der Waals surface area (Å²) in [6, 6.07) is -0.174. The van der Waals surface area contributed by atoms with Crippen molar-refractivity contribution in [1.82, 2.24) is 15.5 Å². The van der Waals surface area contributed by atoms with E-state index < -0.39 is 0 Å². The lowest BCUT2D eigenvalue weighted by Crippen LogP contribution is -2.35. The van der Waals surface area contributed by atoms with E-state index in [4.69, 9.17) is 4.74 Å². The molecule has 2 rings (SSSR count). The second-order valence-corrected chi connectivity index (χ2v) is 8.31. The van der Waals surface area contributed by atoms with Gasteiger partial charge < -0.3 is 20.3 Å². The number of rotatable bonds is 9. The molecule has 5 heteroatoms. The fraction of sp³-hybridized carbons (Fsp3) is 0.542. The Bertz CT molecular complexity index is 686. The third-order valence-corrected chi connectivity index (χ3v) is 5.20. The molecule has 1 unspecified atom stereocenters. The highest BCUT2D eigenvalue weighted by Gasteiger charge is 2.13. The number of nitrogens with zero attached hydrogens (tertiary/aromatic N) is 1. The van der Waals surface area contributed by atoms with Crippen LogP contribution in [0.5, 0.6) is 0 Å². The van der Waals surface area contributed by atoms with Gasteiger partial charge in [0.25, 0.3) is 0 Å². The van der Waals surface area contributed by atoms with Crippen LogP contribution in [0.4, 0.5) is 4.79 Å². The smallest absolute Gasteiger partial charge is 0.319 e. The van der Waals surface area contributed by atoms with E-state index in [0.717, 1.165) is 55.3 Å². The van der Waals surface area contributed by atoms with Crippen molar-refractivity contribution in [3.05, 3.63) is 59.6 Å². The number of carbonyl (C=O) groups is 1. The molecule has 0 heterocycles. The first-order valence-corrected chi connectivity index (χ1v) is 10.7. The van der Waals surface area contributed by atoms with Gasteiger partial charge in [0.1, 0.15) is 5.76 Å². The number of hydrogen-bond acceptors (Lipinski definition) is 3. The van der Waals surface area contributed by atoms with Crippen molar-refractivity contribution in [2.24, 2.45) is 11.8 Å². The minimum Gasteiger partial charge on any atom is -0.497 e. The summed E-state index contributed by atoms with van der Waals surface area (Å²) in [5.41, 5.74) is 1.95. The fourth-order valence-corrected chi connectivity index (χ4v) is 3.39. The Kier molecular flexibility index (Phi) is 9.78. The molecule has 160 valence electrons. The molecule has 29 heavy (non-hydrogen) atoms. The number of carbonyl (C=O) groups excluding carboxylic acids is 1. The van der Waals surface area contributed by atoms with Gasteiger partial charge in [0.15, 0.2) is 0 Å². The van der Waals surface area contributed by atoms with E-state index in [1.807, 2.05) is 24.3 Å². The summed E-state index contributed by atoms with van der Waals surface area (Å²) >= 11 is 0. The molecule has 5 nitrogen and oxygen atoms in total. The van der Waals surface area contributed by atoms with Crippen LogP contribution in [-0.2, 0) is 4.74 Å². The van der Waals surface area contributed by atoms with E-state index in [9.17, 15) is 4.79 Å². The molecule has 0 saturated carbocycles. The van der Waals surface area contributed by atoms with E-state index in [1.165, 1.54) is 6.42 Å². The largest absolute Gasteiger partial charge is 0.497 e. The molecule has 0 bridgehead atoms. The minimum atomic E-state index is -0.174. The van der Waals surface area contributed by atoms with Gasteiger partial charge in [-0.3, -0.25) is 0 Å². The van der Waals surface area contributed by atoms with Gasteiger partial charge in [-0.2, -0.15) is 0 Å². The van der Waals surface area contributed by atoms with Crippen molar-refractivity contribution in [1.29, 1.82) is 0 Å². The third-order valence-electron chi connectivity index (χ3n) is 5.20. The van der Waals surface area contributed by atoms with Gasteiger partial charge in [-0.15, -0.1) is 0 Å². The summed E-state index contributed by atoms with van der Waals surface area (Å²) in [6.45, 7) is 7.26. The molecule has 0 aromatic rings. The van der Waals surface area contributed by atoms with Crippen molar-refractivity contribution in [3.8, 4) is 0 Å². The van der Waals surface area contributed by atoms with Crippen molar-refractivity contribution >= 4 is 6.03 Å². The Morgan fingerprint density at radius 3 is 2.79 bits per heavy atom. The molecule has 2 aliphatic carbocycles. The normalized spacial score (nSPS) is 19.2. The van der Waals surface area contributed by atoms with Crippen LogP contribution in [0, 0.1) is 11.8 Å². The van der Waals surface area contributed by atoms with Crippen LogP contribution in [0.1, 0.15) is 39.5 Å². The van der Waals surface area contributed by atoms with E-state index >= 15 is 0 Å². The van der Waals surface area contributed by atoms with E-state index in [0.29, 0.717) is 12.5 Å². The lowest BCUT2D eigenvalue weighted by molar-refractivity contribution is 0.244. The van der Waals surface area contributed by atoms with Gasteiger partial charge in [-0.1, -0.05) is 38.2 Å². The van der Waals surface area contributed by atoms with E-state index in [1.54, 1.807) is 7.11 Å². The number of ether oxygens (including phenoxy) is 1.